The number of nitrogens with one attached hydrogen (secondary N) is 1. The monoisotopic (exact) mass is 366 g/mol. The molecular weight excluding hydrogens is 340 g/mol. The van der Waals surface area contributed by atoms with E-state index >= 15 is 0 Å². The van der Waals surface area contributed by atoms with E-state index in [-0.39, 0.29) is 17.9 Å². The van der Waals surface area contributed by atoms with Gasteiger partial charge in [-0.15, -0.1) is 0 Å². The second kappa shape index (κ2) is 8.66. The highest BCUT2D eigenvalue weighted by atomic mass is 16.2. The first-order valence-corrected chi connectivity index (χ1v) is 9.28. The second-order valence-electron chi connectivity index (χ2n) is 7.04. The standard InChI is InChI=1S/C21H26N4O2/c1-24(2)19-11-10-17(14-22-19)15-23-21(27)18-9-6-12-25(18)20(26)13-16-7-4-3-5-8-16/h3-5,7-8,10-11,14,18H,6,9,12-13,15H2,1-2H3,(H,23,27). The van der Waals surface area contributed by atoms with E-state index in [1.165, 1.54) is 0 Å². The second-order valence-corrected chi connectivity index (χ2v) is 7.04. The van der Waals surface area contributed by atoms with Crippen LogP contribution in [0.4, 0.5) is 5.82 Å². The van der Waals surface area contributed by atoms with Gasteiger partial charge >= 0.3 is 0 Å². The van der Waals surface area contributed by atoms with Gasteiger partial charge in [0.2, 0.25) is 11.8 Å². The van der Waals surface area contributed by atoms with Gasteiger partial charge in [-0.1, -0.05) is 36.4 Å². The van der Waals surface area contributed by atoms with Crippen molar-refractivity contribution in [1.82, 2.24) is 15.2 Å². The summed E-state index contributed by atoms with van der Waals surface area (Å²) in [6, 6.07) is 13.2. The quantitative estimate of drug-likeness (QED) is 0.849. The largest absolute Gasteiger partial charge is 0.363 e. The summed E-state index contributed by atoms with van der Waals surface area (Å²) >= 11 is 0. The molecule has 6 heteroatoms. The Morgan fingerprint density at radius 2 is 1.93 bits per heavy atom. The van der Waals surface area contributed by atoms with E-state index in [0.29, 0.717) is 25.9 Å². The zero-order valence-electron chi connectivity index (χ0n) is 15.9. The predicted molar refractivity (Wildman–Crippen MR) is 105 cm³/mol. The van der Waals surface area contributed by atoms with Crippen molar-refractivity contribution in [3.63, 3.8) is 0 Å². The highest BCUT2D eigenvalue weighted by Gasteiger charge is 2.33. The number of amides is 2. The van der Waals surface area contributed by atoms with Crippen molar-refractivity contribution in [3.05, 3.63) is 59.8 Å². The summed E-state index contributed by atoms with van der Waals surface area (Å²) < 4.78 is 0. The number of carbonyl (C=O) groups excluding carboxylic acids is 2. The fourth-order valence-electron chi connectivity index (χ4n) is 3.30. The Kier molecular flexibility index (Phi) is 6.06. The number of rotatable bonds is 6. The van der Waals surface area contributed by atoms with E-state index in [0.717, 1.165) is 23.4 Å². The summed E-state index contributed by atoms with van der Waals surface area (Å²) in [5.74, 6) is 0.792. The number of anilines is 1. The molecule has 1 aliphatic rings. The van der Waals surface area contributed by atoms with E-state index in [2.05, 4.69) is 10.3 Å². The number of carbonyl (C=O) groups is 2. The van der Waals surface area contributed by atoms with Gasteiger partial charge in [0.25, 0.3) is 0 Å². The van der Waals surface area contributed by atoms with Crippen molar-refractivity contribution in [2.75, 3.05) is 25.5 Å². The lowest BCUT2D eigenvalue weighted by molar-refractivity contribution is -0.138. The van der Waals surface area contributed by atoms with Crippen LogP contribution in [-0.2, 0) is 22.6 Å². The van der Waals surface area contributed by atoms with E-state index in [1.54, 1.807) is 11.1 Å². The summed E-state index contributed by atoms with van der Waals surface area (Å²) in [5, 5.41) is 2.95. The molecule has 6 nitrogen and oxygen atoms in total. The van der Waals surface area contributed by atoms with E-state index < -0.39 is 0 Å². The van der Waals surface area contributed by atoms with Gasteiger partial charge in [0.1, 0.15) is 11.9 Å². The fourth-order valence-corrected chi connectivity index (χ4v) is 3.30. The molecule has 2 amide bonds. The normalized spacial score (nSPS) is 16.2. The summed E-state index contributed by atoms with van der Waals surface area (Å²) in [6.07, 6.45) is 3.67. The lowest BCUT2D eigenvalue weighted by Crippen LogP contribution is -2.46. The average Bonchev–Trinajstić information content (AvgIpc) is 3.17. The summed E-state index contributed by atoms with van der Waals surface area (Å²) in [7, 11) is 3.87. The van der Waals surface area contributed by atoms with E-state index in [4.69, 9.17) is 0 Å². The molecule has 1 saturated heterocycles. The minimum Gasteiger partial charge on any atom is -0.363 e. The lowest BCUT2D eigenvalue weighted by Gasteiger charge is -2.24. The third-order valence-electron chi connectivity index (χ3n) is 4.81. The van der Waals surface area contributed by atoms with Crippen LogP contribution in [0.15, 0.2) is 48.7 Å². The molecule has 1 aromatic carbocycles. The van der Waals surface area contributed by atoms with Crippen molar-refractivity contribution in [3.8, 4) is 0 Å². The molecule has 2 aromatic rings. The molecule has 0 spiro atoms. The molecule has 1 atom stereocenters. The first-order chi connectivity index (χ1) is 13.0. The first-order valence-electron chi connectivity index (χ1n) is 9.28. The molecule has 1 N–H and O–H groups in total. The van der Waals surface area contributed by atoms with Crippen molar-refractivity contribution < 1.29 is 9.59 Å². The Balaban J connectivity index is 1.56. The van der Waals surface area contributed by atoms with E-state index in [9.17, 15) is 9.59 Å². The highest BCUT2D eigenvalue weighted by molar-refractivity contribution is 5.89. The van der Waals surface area contributed by atoms with Crippen LogP contribution in [0.2, 0.25) is 0 Å². The van der Waals surface area contributed by atoms with Crippen molar-refractivity contribution in [2.24, 2.45) is 0 Å². The fraction of sp³-hybridized carbons (Fsp3) is 0.381. The van der Waals surface area contributed by atoms with Gasteiger partial charge in [0.15, 0.2) is 0 Å². The molecule has 1 unspecified atom stereocenters. The number of pyridine rings is 1. The van der Waals surface area contributed by atoms with Crippen LogP contribution in [0.25, 0.3) is 0 Å². The minimum absolute atomic E-state index is 0.0100. The Hall–Kier alpha value is -2.89. The van der Waals surface area contributed by atoms with Crippen LogP contribution in [0.3, 0.4) is 0 Å². The average molecular weight is 366 g/mol. The molecule has 142 valence electrons. The number of benzene rings is 1. The third-order valence-corrected chi connectivity index (χ3v) is 4.81. The minimum atomic E-state index is -0.379. The van der Waals surface area contributed by atoms with Gasteiger partial charge in [0, 0.05) is 33.4 Å². The molecule has 0 saturated carbocycles. The highest BCUT2D eigenvalue weighted by Crippen LogP contribution is 2.19. The number of hydrogen-bond acceptors (Lipinski definition) is 4. The van der Waals surface area contributed by atoms with Gasteiger partial charge in [-0.05, 0) is 30.0 Å². The van der Waals surface area contributed by atoms with Gasteiger partial charge < -0.3 is 15.1 Å². The topological polar surface area (TPSA) is 65.5 Å². The lowest BCUT2D eigenvalue weighted by atomic mass is 10.1. The van der Waals surface area contributed by atoms with Crippen LogP contribution in [0.5, 0.6) is 0 Å². The maximum Gasteiger partial charge on any atom is 0.243 e. The van der Waals surface area contributed by atoms with Gasteiger partial charge in [-0.2, -0.15) is 0 Å². The zero-order chi connectivity index (χ0) is 19.2. The molecule has 3 rings (SSSR count). The maximum atomic E-state index is 12.6. The van der Waals surface area contributed by atoms with Crippen molar-refractivity contribution >= 4 is 17.6 Å². The molecule has 1 aromatic heterocycles. The van der Waals surface area contributed by atoms with Crippen LogP contribution in [0.1, 0.15) is 24.0 Å². The summed E-state index contributed by atoms with van der Waals surface area (Å²) in [6.45, 7) is 1.06. The van der Waals surface area contributed by atoms with Crippen LogP contribution >= 0.6 is 0 Å². The summed E-state index contributed by atoms with van der Waals surface area (Å²) in [5.41, 5.74) is 1.91. The molecule has 1 aliphatic heterocycles. The Morgan fingerprint density at radius 3 is 2.59 bits per heavy atom. The van der Waals surface area contributed by atoms with E-state index in [1.807, 2.05) is 61.5 Å². The van der Waals surface area contributed by atoms with Crippen molar-refractivity contribution in [1.29, 1.82) is 0 Å². The number of hydrogen-bond donors (Lipinski definition) is 1. The van der Waals surface area contributed by atoms with Crippen LogP contribution < -0.4 is 10.2 Å². The first kappa shape index (κ1) is 18.9. The van der Waals surface area contributed by atoms with Crippen LogP contribution in [0, 0.1) is 0 Å². The molecule has 27 heavy (non-hydrogen) atoms. The third kappa shape index (κ3) is 4.84. The smallest absolute Gasteiger partial charge is 0.243 e. The molecule has 0 aliphatic carbocycles. The molecule has 2 heterocycles. The SMILES string of the molecule is CN(C)c1ccc(CNC(=O)C2CCCN2C(=O)Cc2ccccc2)cn1. The predicted octanol–water partition coefficient (Wildman–Crippen LogP) is 2.00. The van der Waals surface area contributed by atoms with Crippen molar-refractivity contribution in [2.45, 2.75) is 31.8 Å². The molecule has 0 bridgehead atoms. The molecular formula is C21H26N4O2. The number of likely N-dealkylation sites (tertiary alicyclic amines) is 1. The number of nitrogens with zero attached hydrogens (tertiary/aromatic N) is 3. The number of aromatic nitrogens is 1. The van der Waals surface area contributed by atoms with Gasteiger partial charge in [-0.3, -0.25) is 9.59 Å². The molecule has 0 radical (unpaired) electrons. The maximum absolute atomic E-state index is 12.6. The zero-order valence-corrected chi connectivity index (χ0v) is 15.9. The van der Waals surface area contributed by atoms with Gasteiger partial charge in [-0.25, -0.2) is 4.98 Å². The summed E-state index contributed by atoms with van der Waals surface area (Å²) in [4.78, 5) is 33.3. The Bertz CT molecular complexity index is 775. The molecule has 1 fully saturated rings. The Labute approximate surface area is 160 Å². The Morgan fingerprint density at radius 1 is 1.15 bits per heavy atom. The van der Waals surface area contributed by atoms with Crippen LogP contribution in [-0.4, -0.2) is 48.4 Å². The van der Waals surface area contributed by atoms with Gasteiger partial charge in [0.05, 0.1) is 6.42 Å².